The number of carbonyl (C=O) groups is 1. The molecule has 1 aromatic carbocycles. The van der Waals surface area contributed by atoms with Crippen molar-refractivity contribution < 1.29 is 9.53 Å². The van der Waals surface area contributed by atoms with Crippen LogP contribution in [0.4, 0.5) is 5.69 Å². The van der Waals surface area contributed by atoms with Crippen LogP contribution in [0.5, 0.6) is 5.75 Å². The summed E-state index contributed by atoms with van der Waals surface area (Å²) in [4.78, 5) is 13.7. The first-order chi connectivity index (χ1) is 9.15. The molecule has 1 saturated heterocycles. The van der Waals surface area contributed by atoms with Gasteiger partial charge in [-0.1, -0.05) is 34.5 Å². The van der Waals surface area contributed by atoms with Crippen molar-refractivity contribution in [3.63, 3.8) is 0 Å². The van der Waals surface area contributed by atoms with Gasteiger partial charge in [-0.3, -0.25) is 4.79 Å². The molecule has 1 aliphatic heterocycles. The Hall–Kier alpha value is -0.740. The van der Waals surface area contributed by atoms with Gasteiger partial charge < -0.3 is 9.64 Å². The summed E-state index contributed by atoms with van der Waals surface area (Å²) < 4.78 is 5.53. The smallest absolute Gasteiger partial charge is 0.227 e. The van der Waals surface area contributed by atoms with Gasteiger partial charge >= 0.3 is 0 Å². The highest BCUT2D eigenvalue weighted by Crippen LogP contribution is 2.32. The van der Waals surface area contributed by atoms with Crippen LogP contribution < -0.4 is 9.64 Å². The number of nitrogens with zero attached hydrogens (tertiary/aromatic N) is 1. The minimum absolute atomic E-state index is 0.155. The monoisotopic (exact) mass is 345 g/mol. The standard InChI is InChI=1S/C14H17BrClNO2/c1-2-5-19-13-4-3-11(7-12(13)16)17-9-10(8-15)6-14(17)18/h3-4,7,10H,2,5-6,8-9H2,1H3. The third kappa shape index (κ3) is 3.42. The van der Waals surface area contributed by atoms with E-state index >= 15 is 0 Å². The molecule has 1 aliphatic rings. The molecular formula is C14H17BrClNO2. The highest BCUT2D eigenvalue weighted by Gasteiger charge is 2.30. The molecular weight excluding hydrogens is 330 g/mol. The minimum atomic E-state index is 0.155. The van der Waals surface area contributed by atoms with E-state index in [1.807, 2.05) is 19.1 Å². The first-order valence-electron chi connectivity index (χ1n) is 6.44. The van der Waals surface area contributed by atoms with E-state index in [1.165, 1.54) is 0 Å². The van der Waals surface area contributed by atoms with Crippen molar-refractivity contribution in [1.82, 2.24) is 0 Å². The van der Waals surface area contributed by atoms with Gasteiger partial charge in [-0.2, -0.15) is 0 Å². The summed E-state index contributed by atoms with van der Waals surface area (Å²) in [5.74, 6) is 1.21. The first-order valence-corrected chi connectivity index (χ1v) is 7.94. The quantitative estimate of drug-likeness (QED) is 0.757. The molecule has 1 aromatic rings. The fourth-order valence-corrected chi connectivity index (χ4v) is 2.78. The Kier molecular flexibility index (Phi) is 5.11. The molecule has 0 saturated carbocycles. The summed E-state index contributed by atoms with van der Waals surface area (Å²) in [6.45, 7) is 3.44. The molecule has 0 spiro atoms. The van der Waals surface area contributed by atoms with Crippen LogP contribution in [0.2, 0.25) is 5.02 Å². The molecule has 0 bridgehead atoms. The second kappa shape index (κ2) is 6.62. The predicted octanol–water partition coefficient (Wildman–Crippen LogP) is 3.88. The number of carbonyl (C=O) groups excluding carboxylic acids is 1. The number of benzene rings is 1. The minimum Gasteiger partial charge on any atom is -0.492 e. The van der Waals surface area contributed by atoms with E-state index in [4.69, 9.17) is 16.3 Å². The number of hydrogen-bond acceptors (Lipinski definition) is 2. The van der Waals surface area contributed by atoms with Crippen LogP contribution in [0, 0.1) is 5.92 Å². The SMILES string of the molecule is CCCOc1ccc(N2CC(CBr)CC2=O)cc1Cl. The van der Waals surface area contributed by atoms with Crippen LogP contribution in [-0.2, 0) is 4.79 Å². The third-order valence-electron chi connectivity index (χ3n) is 3.11. The number of halogens is 2. The fourth-order valence-electron chi connectivity index (χ4n) is 2.12. The van der Waals surface area contributed by atoms with Gasteiger partial charge in [-0.25, -0.2) is 0 Å². The Labute approximate surface area is 127 Å². The van der Waals surface area contributed by atoms with Gasteiger partial charge in [0.2, 0.25) is 5.91 Å². The Balaban J connectivity index is 2.13. The molecule has 104 valence electrons. The van der Waals surface area contributed by atoms with E-state index in [0.29, 0.717) is 29.7 Å². The Morgan fingerprint density at radius 1 is 1.53 bits per heavy atom. The maximum Gasteiger partial charge on any atom is 0.227 e. The normalized spacial score (nSPS) is 19.0. The predicted molar refractivity (Wildman–Crippen MR) is 81.5 cm³/mol. The zero-order valence-electron chi connectivity index (χ0n) is 10.9. The molecule has 1 atom stereocenters. The van der Waals surface area contributed by atoms with Gasteiger partial charge in [-0.15, -0.1) is 0 Å². The summed E-state index contributed by atoms with van der Waals surface area (Å²) in [6, 6.07) is 5.54. The topological polar surface area (TPSA) is 29.5 Å². The molecule has 1 fully saturated rings. The number of rotatable bonds is 5. The zero-order chi connectivity index (χ0) is 13.8. The molecule has 2 rings (SSSR count). The number of amides is 1. The van der Waals surface area contributed by atoms with Crippen LogP contribution in [-0.4, -0.2) is 24.4 Å². The summed E-state index contributed by atoms with van der Waals surface area (Å²) in [6.07, 6.45) is 1.53. The van der Waals surface area contributed by atoms with Crippen molar-refractivity contribution in [2.75, 3.05) is 23.4 Å². The zero-order valence-corrected chi connectivity index (χ0v) is 13.2. The Morgan fingerprint density at radius 2 is 2.32 bits per heavy atom. The van der Waals surface area contributed by atoms with Gasteiger partial charge in [0, 0.05) is 24.0 Å². The lowest BCUT2D eigenvalue weighted by molar-refractivity contribution is -0.117. The molecule has 0 aromatic heterocycles. The van der Waals surface area contributed by atoms with Gasteiger partial charge in [0.1, 0.15) is 5.75 Å². The van der Waals surface area contributed by atoms with E-state index in [2.05, 4.69) is 15.9 Å². The number of alkyl halides is 1. The molecule has 1 heterocycles. The van der Waals surface area contributed by atoms with E-state index in [0.717, 1.165) is 24.0 Å². The van der Waals surface area contributed by atoms with Crippen LogP contribution >= 0.6 is 27.5 Å². The molecule has 5 heteroatoms. The van der Waals surface area contributed by atoms with E-state index in [1.54, 1.807) is 11.0 Å². The molecule has 19 heavy (non-hydrogen) atoms. The van der Waals surface area contributed by atoms with Gasteiger partial charge in [0.15, 0.2) is 0 Å². The highest BCUT2D eigenvalue weighted by molar-refractivity contribution is 9.09. The molecule has 1 amide bonds. The van der Waals surface area contributed by atoms with Gasteiger partial charge in [-0.05, 0) is 30.5 Å². The maximum absolute atomic E-state index is 11.9. The average molecular weight is 347 g/mol. The fraction of sp³-hybridized carbons (Fsp3) is 0.500. The summed E-state index contributed by atoms with van der Waals surface area (Å²) in [5, 5.41) is 1.40. The molecule has 3 nitrogen and oxygen atoms in total. The van der Waals surface area contributed by atoms with Gasteiger partial charge in [0.25, 0.3) is 0 Å². The lowest BCUT2D eigenvalue weighted by Crippen LogP contribution is -2.24. The lowest BCUT2D eigenvalue weighted by atomic mass is 10.2. The van der Waals surface area contributed by atoms with Crippen molar-refractivity contribution >= 4 is 39.1 Å². The second-order valence-electron chi connectivity index (χ2n) is 4.69. The molecule has 1 unspecified atom stereocenters. The average Bonchev–Trinajstić information content (AvgIpc) is 2.78. The summed E-state index contributed by atoms with van der Waals surface area (Å²) in [5.41, 5.74) is 0.849. The highest BCUT2D eigenvalue weighted by atomic mass is 79.9. The number of hydrogen-bond donors (Lipinski definition) is 0. The van der Waals surface area contributed by atoms with Crippen LogP contribution in [0.1, 0.15) is 19.8 Å². The van der Waals surface area contributed by atoms with E-state index < -0.39 is 0 Å². The number of ether oxygens (including phenoxy) is 1. The van der Waals surface area contributed by atoms with Crippen LogP contribution in [0.25, 0.3) is 0 Å². The van der Waals surface area contributed by atoms with Crippen molar-refractivity contribution in [3.8, 4) is 5.75 Å². The van der Waals surface area contributed by atoms with E-state index in [-0.39, 0.29) is 5.91 Å². The maximum atomic E-state index is 11.9. The van der Waals surface area contributed by atoms with E-state index in [9.17, 15) is 4.79 Å². The Bertz CT molecular complexity index is 467. The summed E-state index contributed by atoms with van der Waals surface area (Å²) in [7, 11) is 0. The number of anilines is 1. The molecule has 0 N–H and O–H groups in total. The van der Waals surface area contributed by atoms with Crippen molar-refractivity contribution in [3.05, 3.63) is 23.2 Å². The largest absolute Gasteiger partial charge is 0.492 e. The Morgan fingerprint density at radius 3 is 2.89 bits per heavy atom. The van der Waals surface area contributed by atoms with Crippen molar-refractivity contribution in [1.29, 1.82) is 0 Å². The van der Waals surface area contributed by atoms with Crippen LogP contribution in [0.15, 0.2) is 18.2 Å². The van der Waals surface area contributed by atoms with Crippen molar-refractivity contribution in [2.24, 2.45) is 5.92 Å². The van der Waals surface area contributed by atoms with Gasteiger partial charge in [0.05, 0.1) is 11.6 Å². The third-order valence-corrected chi connectivity index (χ3v) is 4.32. The van der Waals surface area contributed by atoms with Crippen LogP contribution in [0.3, 0.4) is 0 Å². The van der Waals surface area contributed by atoms with Crippen molar-refractivity contribution in [2.45, 2.75) is 19.8 Å². The molecule has 0 aliphatic carbocycles. The molecule has 0 radical (unpaired) electrons. The first kappa shape index (κ1) is 14.7. The summed E-state index contributed by atoms with van der Waals surface area (Å²) >= 11 is 9.62. The second-order valence-corrected chi connectivity index (χ2v) is 5.75. The lowest BCUT2D eigenvalue weighted by Gasteiger charge is -2.18.